The highest BCUT2D eigenvalue weighted by Gasteiger charge is 2.17. The summed E-state index contributed by atoms with van der Waals surface area (Å²) < 4.78 is 27.7. The molecule has 0 bridgehead atoms. The predicted molar refractivity (Wildman–Crippen MR) is 101 cm³/mol. The number of sulfonamides is 1. The van der Waals surface area contributed by atoms with E-state index < -0.39 is 15.9 Å². The summed E-state index contributed by atoms with van der Waals surface area (Å²) in [5.74, 6) is -0.0417. The quantitative estimate of drug-likeness (QED) is 0.723. The van der Waals surface area contributed by atoms with Gasteiger partial charge in [0.2, 0.25) is 0 Å². The fraction of sp³-hybridized carbons (Fsp3) is 0.0526. The Bertz CT molecular complexity index is 1030. The highest BCUT2D eigenvalue weighted by atomic mass is 32.2. The Morgan fingerprint density at radius 3 is 2.50 bits per heavy atom. The Kier molecular flexibility index (Phi) is 4.99. The zero-order valence-electron chi connectivity index (χ0n) is 14.0. The van der Waals surface area contributed by atoms with Gasteiger partial charge >= 0.3 is 0 Å². The molecule has 2 N–H and O–H groups in total. The van der Waals surface area contributed by atoms with Gasteiger partial charge in [0.1, 0.15) is 5.82 Å². The number of carbonyl (C=O) groups is 1. The average molecular weight is 367 g/mol. The molecule has 2 aromatic carbocycles. The molecule has 0 saturated carbocycles. The smallest absolute Gasteiger partial charge is 0.261 e. The first-order chi connectivity index (χ1) is 12.4. The number of pyridine rings is 1. The van der Waals surface area contributed by atoms with Crippen molar-refractivity contribution in [3.63, 3.8) is 0 Å². The third-order valence-corrected chi connectivity index (χ3v) is 4.96. The highest BCUT2D eigenvalue weighted by molar-refractivity contribution is 7.92. The molecule has 0 saturated heterocycles. The van der Waals surface area contributed by atoms with Crippen molar-refractivity contribution in [3.05, 3.63) is 84.1 Å². The molecule has 0 radical (unpaired) electrons. The van der Waals surface area contributed by atoms with Crippen LogP contribution >= 0.6 is 0 Å². The molecule has 3 rings (SSSR count). The standard InChI is InChI=1S/C19H17N3O3S/c1-14-6-4-8-16(12-14)22-26(24,25)17-9-5-7-15(13-17)19(23)21-18-10-2-3-11-20-18/h2-13,22H,1H3,(H,20,21,23). The monoisotopic (exact) mass is 367 g/mol. The van der Waals surface area contributed by atoms with Crippen LogP contribution in [0.4, 0.5) is 11.5 Å². The lowest BCUT2D eigenvalue weighted by Gasteiger charge is -2.10. The molecule has 0 spiro atoms. The van der Waals surface area contributed by atoms with E-state index in [-0.39, 0.29) is 10.5 Å². The second kappa shape index (κ2) is 7.37. The molecule has 1 amide bonds. The summed E-state index contributed by atoms with van der Waals surface area (Å²) >= 11 is 0. The lowest BCUT2D eigenvalue weighted by molar-refractivity contribution is 0.102. The van der Waals surface area contributed by atoms with Crippen LogP contribution in [0.2, 0.25) is 0 Å². The number of benzene rings is 2. The van der Waals surface area contributed by atoms with Gasteiger partial charge in [-0.15, -0.1) is 0 Å². The molecule has 0 fully saturated rings. The zero-order valence-corrected chi connectivity index (χ0v) is 14.8. The van der Waals surface area contributed by atoms with Gasteiger partial charge < -0.3 is 5.32 Å². The van der Waals surface area contributed by atoms with Crippen molar-refractivity contribution in [2.24, 2.45) is 0 Å². The van der Waals surface area contributed by atoms with Crippen LogP contribution in [-0.4, -0.2) is 19.3 Å². The maximum absolute atomic E-state index is 12.6. The van der Waals surface area contributed by atoms with Crippen molar-refractivity contribution in [1.29, 1.82) is 0 Å². The molecule has 0 atom stereocenters. The molecule has 6 nitrogen and oxygen atoms in total. The van der Waals surface area contributed by atoms with E-state index in [2.05, 4.69) is 15.0 Å². The van der Waals surface area contributed by atoms with Crippen LogP contribution in [0.1, 0.15) is 15.9 Å². The van der Waals surface area contributed by atoms with Crippen molar-refractivity contribution in [3.8, 4) is 0 Å². The van der Waals surface area contributed by atoms with Crippen molar-refractivity contribution in [2.75, 3.05) is 10.0 Å². The summed E-state index contributed by atoms with van der Waals surface area (Å²) in [5.41, 5.74) is 1.63. The van der Waals surface area contributed by atoms with Crippen molar-refractivity contribution >= 4 is 27.4 Å². The minimum atomic E-state index is -3.80. The molecule has 7 heteroatoms. The Morgan fingerprint density at radius 1 is 0.962 bits per heavy atom. The van der Waals surface area contributed by atoms with Crippen LogP contribution in [0.15, 0.2) is 77.8 Å². The van der Waals surface area contributed by atoms with Crippen molar-refractivity contribution in [2.45, 2.75) is 11.8 Å². The molecular formula is C19H17N3O3S. The van der Waals surface area contributed by atoms with E-state index in [1.807, 2.05) is 13.0 Å². The van der Waals surface area contributed by atoms with Gasteiger partial charge in [0.05, 0.1) is 4.90 Å². The van der Waals surface area contributed by atoms with Crippen LogP contribution in [0, 0.1) is 6.92 Å². The van der Waals surface area contributed by atoms with Crippen LogP contribution in [0.25, 0.3) is 0 Å². The summed E-state index contributed by atoms with van der Waals surface area (Å²) in [6.07, 6.45) is 1.56. The third kappa shape index (κ3) is 4.25. The first-order valence-corrected chi connectivity index (χ1v) is 9.34. The summed E-state index contributed by atoms with van der Waals surface area (Å²) in [7, 11) is -3.80. The van der Waals surface area contributed by atoms with Crippen LogP contribution in [-0.2, 0) is 10.0 Å². The highest BCUT2D eigenvalue weighted by Crippen LogP contribution is 2.18. The topological polar surface area (TPSA) is 88.2 Å². The van der Waals surface area contributed by atoms with Crippen LogP contribution < -0.4 is 10.0 Å². The van der Waals surface area contributed by atoms with Gasteiger partial charge in [0.15, 0.2) is 0 Å². The van der Waals surface area contributed by atoms with E-state index in [9.17, 15) is 13.2 Å². The zero-order chi connectivity index (χ0) is 18.6. The first-order valence-electron chi connectivity index (χ1n) is 7.86. The molecule has 0 aliphatic heterocycles. The number of hydrogen-bond donors (Lipinski definition) is 2. The molecule has 132 valence electrons. The number of amides is 1. The van der Waals surface area contributed by atoms with Gasteiger partial charge in [0.25, 0.3) is 15.9 Å². The van der Waals surface area contributed by atoms with E-state index in [1.54, 1.807) is 48.7 Å². The maximum Gasteiger partial charge on any atom is 0.261 e. The third-order valence-electron chi connectivity index (χ3n) is 3.58. The molecule has 0 aliphatic carbocycles. The number of anilines is 2. The molecule has 26 heavy (non-hydrogen) atoms. The van der Waals surface area contributed by atoms with Crippen LogP contribution in [0.5, 0.6) is 0 Å². The minimum absolute atomic E-state index is 0.00711. The number of carbonyl (C=O) groups excluding carboxylic acids is 1. The Morgan fingerprint density at radius 2 is 1.77 bits per heavy atom. The van der Waals surface area contributed by atoms with Gasteiger partial charge in [-0.05, 0) is 55.0 Å². The van der Waals surface area contributed by atoms with E-state index in [4.69, 9.17) is 0 Å². The summed E-state index contributed by atoms with van der Waals surface area (Å²) in [4.78, 5) is 16.4. The Balaban J connectivity index is 1.83. The Labute approximate surface area is 152 Å². The maximum atomic E-state index is 12.6. The lowest BCUT2D eigenvalue weighted by Crippen LogP contribution is -2.16. The van der Waals surface area contributed by atoms with E-state index in [1.165, 1.54) is 18.2 Å². The molecule has 1 aromatic heterocycles. The summed E-state index contributed by atoms with van der Waals surface area (Å²) in [5, 5.41) is 2.63. The van der Waals surface area contributed by atoms with E-state index in [0.717, 1.165) is 5.56 Å². The largest absolute Gasteiger partial charge is 0.307 e. The second-order valence-corrected chi connectivity index (χ2v) is 7.35. The van der Waals surface area contributed by atoms with E-state index >= 15 is 0 Å². The van der Waals surface area contributed by atoms with Gasteiger partial charge in [0, 0.05) is 17.4 Å². The Hall–Kier alpha value is -3.19. The van der Waals surface area contributed by atoms with Crippen LogP contribution in [0.3, 0.4) is 0 Å². The van der Waals surface area contributed by atoms with Gasteiger partial charge in [-0.25, -0.2) is 13.4 Å². The fourth-order valence-corrected chi connectivity index (χ4v) is 3.45. The van der Waals surface area contributed by atoms with Crippen molar-refractivity contribution < 1.29 is 13.2 Å². The summed E-state index contributed by atoms with van der Waals surface area (Å²) in [6.45, 7) is 1.88. The number of hydrogen-bond acceptors (Lipinski definition) is 4. The SMILES string of the molecule is Cc1cccc(NS(=O)(=O)c2cccc(C(=O)Nc3ccccn3)c2)c1. The van der Waals surface area contributed by atoms with E-state index in [0.29, 0.717) is 11.5 Å². The molecule has 0 aliphatic rings. The molecule has 3 aromatic rings. The fourth-order valence-electron chi connectivity index (χ4n) is 2.35. The number of nitrogens with one attached hydrogen (secondary N) is 2. The molecule has 0 unspecified atom stereocenters. The number of rotatable bonds is 5. The number of aromatic nitrogens is 1. The summed E-state index contributed by atoms with van der Waals surface area (Å²) in [6, 6.07) is 18.0. The minimum Gasteiger partial charge on any atom is -0.307 e. The number of aryl methyl sites for hydroxylation is 1. The molecule has 1 heterocycles. The lowest BCUT2D eigenvalue weighted by atomic mass is 10.2. The van der Waals surface area contributed by atoms with Gasteiger partial charge in [-0.2, -0.15) is 0 Å². The normalized spacial score (nSPS) is 11.0. The van der Waals surface area contributed by atoms with Gasteiger partial charge in [-0.1, -0.05) is 24.3 Å². The number of nitrogens with zero attached hydrogens (tertiary/aromatic N) is 1. The van der Waals surface area contributed by atoms with Gasteiger partial charge in [-0.3, -0.25) is 9.52 Å². The van der Waals surface area contributed by atoms with Crippen molar-refractivity contribution in [1.82, 2.24) is 4.98 Å². The predicted octanol–water partition coefficient (Wildman–Crippen LogP) is 3.44. The molecular weight excluding hydrogens is 350 g/mol. The average Bonchev–Trinajstić information content (AvgIpc) is 2.62. The second-order valence-electron chi connectivity index (χ2n) is 5.67. The first kappa shape index (κ1) is 17.6.